The maximum absolute atomic E-state index is 5.20. The molecule has 0 fully saturated rings. The van der Waals surface area contributed by atoms with Gasteiger partial charge in [-0.25, -0.2) is 0 Å². The maximum Gasteiger partial charge on any atom is 0.0502 e. The summed E-state index contributed by atoms with van der Waals surface area (Å²) < 4.78 is 5.20. The lowest BCUT2D eigenvalue weighted by Crippen LogP contribution is -2.09. The molecule has 0 spiro atoms. The summed E-state index contributed by atoms with van der Waals surface area (Å²) in [6, 6.07) is 38.5. The van der Waals surface area contributed by atoms with E-state index in [0.717, 1.165) is 30.1 Å². The highest BCUT2D eigenvalue weighted by atomic mass is 16.5. The molecule has 144 valence electrons. The van der Waals surface area contributed by atoms with E-state index in [1.807, 2.05) is 12.1 Å². The van der Waals surface area contributed by atoms with Gasteiger partial charge < -0.3 is 9.64 Å². The summed E-state index contributed by atoms with van der Waals surface area (Å²) in [5.74, 6) is 0. The van der Waals surface area contributed by atoms with E-state index >= 15 is 0 Å². The Hall–Kier alpha value is -3.36. The first-order valence-electron chi connectivity index (χ1n) is 9.94. The zero-order valence-electron chi connectivity index (χ0n) is 16.7. The van der Waals surface area contributed by atoms with Gasteiger partial charge in [-0.2, -0.15) is 0 Å². The Morgan fingerprint density at radius 2 is 1.03 bits per heavy atom. The van der Waals surface area contributed by atoms with E-state index in [9.17, 15) is 0 Å². The van der Waals surface area contributed by atoms with Crippen LogP contribution in [0.1, 0.15) is 5.56 Å². The zero-order valence-corrected chi connectivity index (χ0v) is 16.7. The van der Waals surface area contributed by atoms with Crippen LogP contribution in [0.4, 0.5) is 17.1 Å². The van der Waals surface area contributed by atoms with Crippen molar-refractivity contribution in [2.24, 2.45) is 0 Å². The molecule has 2 heteroatoms. The summed E-state index contributed by atoms with van der Waals surface area (Å²) in [5, 5.41) is 0. The lowest BCUT2D eigenvalue weighted by atomic mass is 10.0. The number of para-hydroxylation sites is 1. The molecule has 0 unspecified atom stereocenters. The first-order valence-corrected chi connectivity index (χ1v) is 9.94. The third kappa shape index (κ3) is 4.56. The number of benzene rings is 4. The van der Waals surface area contributed by atoms with Crippen LogP contribution in [0.25, 0.3) is 11.1 Å². The minimum absolute atomic E-state index is 0.739. The van der Waals surface area contributed by atoms with Gasteiger partial charge in [-0.15, -0.1) is 0 Å². The highest BCUT2D eigenvalue weighted by molar-refractivity contribution is 5.78. The van der Waals surface area contributed by atoms with E-state index in [2.05, 4.69) is 102 Å². The third-order valence-electron chi connectivity index (χ3n) is 5.04. The highest BCUT2D eigenvalue weighted by Gasteiger charge is 2.12. The van der Waals surface area contributed by atoms with Crippen LogP contribution in [-0.4, -0.2) is 13.7 Å². The molecule has 0 aliphatic rings. The minimum Gasteiger partial charge on any atom is -0.384 e. The van der Waals surface area contributed by atoms with Crippen LogP contribution in [0.5, 0.6) is 0 Å². The summed E-state index contributed by atoms with van der Waals surface area (Å²) in [6.45, 7) is 0.739. The summed E-state index contributed by atoms with van der Waals surface area (Å²) in [4.78, 5) is 2.29. The van der Waals surface area contributed by atoms with Gasteiger partial charge in [-0.3, -0.25) is 0 Å². The van der Waals surface area contributed by atoms with Gasteiger partial charge in [0.2, 0.25) is 0 Å². The van der Waals surface area contributed by atoms with E-state index in [1.54, 1.807) is 7.11 Å². The molecule has 0 saturated carbocycles. The van der Waals surface area contributed by atoms with Gasteiger partial charge in [0.05, 0.1) is 6.61 Å². The molecule has 0 radical (unpaired) electrons. The number of anilines is 3. The van der Waals surface area contributed by atoms with Crippen molar-refractivity contribution in [1.82, 2.24) is 0 Å². The molecule has 0 amide bonds. The van der Waals surface area contributed by atoms with Gasteiger partial charge in [0.15, 0.2) is 0 Å². The van der Waals surface area contributed by atoms with Crippen molar-refractivity contribution in [1.29, 1.82) is 0 Å². The molecule has 29 heavy (non-hydrogen) atoms. The van der Waals surface area contributed by atoms with Crippen LogP contribution >= 0.6 is 0 Å². The molecule has 0 bridgehead atoms. The fourth-order valence-electron chi connectivity index (χ4n) is 3.49. The predicted octanol–water partition coefficient (Wildman–Crippen LogP) is 7.01. The number of nitrogens with zero attached hydrogens (tertiary/aromatic N) is 1. The minimum atomic E-state index is 0.739. The molecule has 0 aliphatic heterocycles. The van der Waals surface area contributed by atoms with Crippen LogP contribution in [0.2, 0.25) is 0 Å². The SMILES string of the molecule is COCCc1ccc(N(c2ccccc2)c2ccc(-c3ccccc3)cc2)cc1. The maximum atomic E-state index is 5.20. The molecule has 0 saturated heterocycles. The predicted molar refractivity (Wildman–Crippen MR) is 122 cm³/mol. The van der Waals surface area contributed by atoms with Crippen LogP contribution in [0, 0.1) is 0 Å². The summed E-state index contributed by atoms with van der Waals surface area (Å²) in [5.41, 5.74) is 7.16. The fourth-order valence-corrected chi connectivity index (χ4v) is 3.49. The number of hydrogen-bond acceptors (Lipinski definition) is 2. The van der Waals surface area contributed by atoms with Crippen molar-refractivity contribution < 1.29 is 4.74 Å². The Kier molecular flexibility index (Phi) is 6.04. The van der Waals surface area contributed by atoms with Crippen LogP contribution in [0.3, 0.4) is 0 Å². The Labute approximate surface area is 173 Å². The molecule has 0 N–H and O–H groups in total. The Morgan fingerprint density at radius 3 is 1.62 bits per heavy atom. The zero-order chi connectivity index (χ0) is 19.9. The van der Waals surface area contributed by atoms with Crippen LogP contribution in [0.15, 0.2) is 109 Å². The Bertz CT molecular complexity index is 1010. The van der Waals surface area contributed by atoms with Crippen LogP contribution in [-0.2, 0) is 11.2 Å². The van der Waals surface area contributed by atoms with Crippen molar-refractivity contribution >= 4 is 17.1 Å². The molecule has 0 heterocycles. The number of ether oxygens (including phenoxy) is 1. The first kappa shape index (κ1) is 19.0. The second-order valence-electron chi connectivity index (χ2n) is 6.99. The van der Waals surface area contributed by atoms with Crippen molar-refractivity contribution in [2.45, 2.75) is 6.42 Å². The van der Waals surface area contributed by atoms with Crippen molar-refractivity contribution in [3.63, 3.8) is 0 Å². The molecular weight excluding hydrogens is 354 g/mol. The molecule has 0 aliphatic carbocycles. The smallest absolute Gasteiger partial charge is 0.0502 e. The van der Waals surface area contributed by atoms with E-state index in [1.165, 1.54) is 16.7 Å². The largest absolute Gasteiger partial charge is 0.384 e. The highest BCUT2D eigenvalue weighted by Crippen LogP contribution is 2.35. The van der Waals surface area contributed by atoms with Gasteiger partial charge in [-0.05, 0) is 59.5 Å². The molecule has 0 aromatic heterocycles. The van der Waals surface area contributed by atoms with Crippen molar-refractivity contribution in [3.05, 3.63) is 115 Å². The number of methoxy groups -OCH3 is 1. The van der Waals surface area contributed by atoms with Gasteiger partial charge in [0.1, 0.15) is 0 Å². The lowest BCUT2D eigenvalue weighted by Gasteiger charge is -2.26. The second-order valence-corrected chi connectivity index (χ2v) is 6.99. The normalized spacial score (nSPS) is 10.7. The third-order valence-corrected chi connectivity index (χ3v) is 5.04. The molecule has 2 nitrogen and oxygen atoms in total. The van der Waals surface area contributed by atoms with Crippen molar-refractivity contribution in [3.8, 4) is 11.1 Å². The van der Waals surface area contributed by atoms with E-state index in [-0.39, 0.29) is 0 Å². The first-order chi connectivity index (χ1) is 14.3. The molecular formula is C27H25NO. The second kappa shape index (κ2) is 9.22. The van der Waals surface area contributed by atoms with Gasteiger partial charge in [0.25, 0.3) is 0 Å². The topological polar surface area (TPSA) is 12.5 Å². The van der Waals surface area contributed by atoms with Gasteiger partial charge in [-0.1, -0.05) is 72.8 Å². The quantitative estimate of drug-likeness (QED) is 0.342. The van der Waals surface area contributed by atoms with Crippen molar-refractivity contribution in [2.75, 3.05) is 18.6 Å². The average Bonchev–Trinajstić information content (AvgIpc) is 2.80. The number of hydrogen-bond donors (Lipinski definition) is 0. The Morgan fingerprint density at radius 1 is 0.552 bits per heavy atom. The molecule has 0 atom stereocenters. The summed E-state index contributed by atoms with van der Waals surface area (Å²) in [7, 11) is 1.74. The lowest BCUT2D eigenvalue weighted by molar-refractivity contribution is 0.202. The monoisotopic (exact) mass is 379 g/mol. The standard InChI is InChI=1S/C27H25NO/c1-29-21-20-22-12-16-26(17-13-22)28(25-10-6-3-7-11-25)27-18-14-24(15-19-27)23-8-4-2-5-9-23/h2-19H,20-21H2,1H3. The average molecular weight is 380 g/mol. The fraction of sp³-hybridized carbons (Fsp3) is 0.111. The summed E-state index contributed by atoms with van der Waals surface area (Å²) in [6.07, 6.45) is 0.924. The van der Waals surface area contributed by atoms with E-state index < -0.39 is 0 Å². The van der Waals surface area contributed by atoms with Crippen LogP contribution < -0.4 is 4.90 Å². The van der Waals surface area contributed by atoms with Gasteiger partial charge >= 0.3 is 0 Å². The van der Waals surface area contributed by atoms with E-state index in [4.69, 9.17) is 4.74 Å². The molecule has 4 aromatic carbocycles. The molecule has 4 rings (SSSR count). The number of rotatable bonds is 7. The molecule has 4 aromatic rings. The summed E-state index contributed by atoms with van der Waals surface area (Å²) >= 11 is 0. The van der Waals surface area contributed by atoms with Gasteiger partial charge in [0, 0.05) is 24.2 Å². The van der Waals surface area contributed by atoms with E-state index in [0.29, 0.717) is 0 Å². The Balaban J connectivity index is 1.68.